The number of nitrogens with zero attached hydrogens (tertiary/aromatic N) is 1. The molecule has 1 aromatic carbocycles. The standard InChI is InChI=1S/C13H14N2O/c1-13(2,14)12(16)11-5-3-4-9-8-15-7-6-10(9)11/h3-8H,14H2,1-2H3. The Morgan fingerprint density at radius 2 is 2.06 bits per heavy atom. The predicted molar refractivity (Wildman–Crippen MR) is 64.3 cm³/mol. The van der Waals surface area contributed by atoms with Gasteiger partial charge in [-0.3, -0.25) is 9.78 Å². The van der Waals surface area contributed by atoms with Crippen LogP contribution in [0.5, 0.6) is 0 Å². The Balaban J connectivity index is 2.66. The lowest BCUT2D eigenvalue weighted by atomic mass is 9.91. The van der Waals surface area contributed by atoms with Gasteiger partial charge in [-0.2, -0.15) is 0 Å². The molecule has 3 heteroatoms. The van der Waals surface area contributed by atoms with Crippen LogP contribution in [0, 0.1) is 0 Å². The smallest absolute Gasteiger partial charge is 0.182 e. The zero-order chi connectivity index (χ0) is 11.8. The first-order valence-electron chi connectivity index (χ1n) is 5.16. The number of rotatable bonds is 2. The van der Waals surface area contributed by atoms with E-state index >= 15 is 0 Å². The Morgan fingerprint density at radius 1 is 1.31 bits per heavy atom. The van der Waals surface area contributed by atoms with Crippen molar-refractivity contribution in [2.45, 2.75) is 19.4 Å². The summed E-state index contributed by atoms with van der Waals surface area (Å²) < 4.78 is 0. The molecule has 0 aliphatic carbocycles. The van der Waals surface area contributed by atoms with Crippen molar-refractivity contribution in [2.75, 3.05) is 0 Å². The average molecular weight is 214 g/mol. The highest BCUT2D eigenvalue weighted by Crippen LogP contribution is 2.20. The van der Waals surface area contributed by atoms with Gasteiger partial charge in [-0.25, -0.2) is 0 Å². The lowest BCUT2D eigenvalue weighted by Crippen LogP contribution is -2.41. The summed E-state index contributed by atoms with van der Waals surface area (Å²) in [5, 5.41) is 1.86. The molecule has 0 amide bonds. The number of aromatic nitrogens is 1. The number of ketones is 1. The molecule has 0 saturated heterocycles. The summed E-state index contributed by atoms with van der Waals surface area (Å²) in [5.74, 6) is -0.0516. The first-order chi connectivity index (χ1) is 7.50. The molecule has 0 unspecified atom stereocenters. The molecule has 0 saturated carbocycles. The molecule has 3 nitrogen and oxygen atoms in total. The van der Waals surface area contributed by atoms with E-state index in [1.54, 1.807) is 32.3 Å². The minimum Gasteiger partial charge on any atom is -0.319 e. The fourth-order valence-corrected chi connectivity index (χ4v) is 1.67. The van der Waals surface area contributed by atoms with Gasteiger partial charge in [0.25, 0.3) is 0 Å². The zero-order valence-corrected chi connectivity index (χ0v) is 9.40. The van der Waals surface area contributed by atoms with Crippen molar-refractivity contribution >= 4 is 16.6 Å². The van der Waals surface area contributed by atoms with Gasteiger partial charge in [-0.05, 0) is 25.3 Å². The third kappa shape index (κ3) is 1.82. The maximum absolute atomic E-state index is 12.1. The number of fused-ring (bicyclic) bond motifs is 1. The van der Waals surface area contributed by atoms with Crippen molar-refractivity contribution in [3.63, 3.8) is 0 Å². The summed E-state index contributed by atoms with van der Waals surface area (Å²) in [6, 6.07) is 7.43. The number of benzene rings is 1. The fourth-order valence-electron chi connectivity index (χ4n) is 1.67. The van der Waals surface area contributed by atoms with Crippen LogP contribution in [-0.2, 0) is 0 Å². The van der Waals surface area contributed by atoms with Crippen molar-refractivity contribution in [3.05, 3.63) is 42.2 Å². The van der Waals surface area contributed by atoms with Crippen LogP contribution < -0.4 is 5.73 Å². The van der Waals surface area contributed by atoms with Crippen molar-refractivity contribution < 1.29 is 4.79 Å². The highest BCUT2D eigenvalue weighted by Gasteiger charge is 2.24. The van der Waals surface area contributed by atoms with Crippen LogP contribution >= 0.6 is 0 Å². The van der Waals surface area contributed by atoms with Gasteiger partial charge in [0, 0.05) is 23.3 Å². The fraction of sp³-hybridized carbons (Fsp3) is 0.231. The SMILES string of the molecule is CC(C)(N)C(=O)c1cccc2cnccc12. The van der Waals surface area contributed by atoms with Gasteiger partial charge >= 0.3 is 0 Å². The molecule has 0 aliphatic rings. The van der Waals surface area contributed by atoms with E-state index < -0.39 is 5.54 Å². The number of pyridine rings is 1. The Bertz CT molecular complexity index is 536. The highest BCUT2D eigenvalue weighted by atomic mass is 16.1. The van der Waals surface area contributed by atoms with Crippen LogP contribution in [0.2, 0.25) is 0 Å². The predicted octanol–water partition coefficient (Wildman–Crippen LogP) is 2.15. The number of carbonyl (C=O) groups excluding carboxylic acids is 1. The summed E-state index contributed by atoms with van der Waals surface area (Å²) in [4.78, 5) is 16.2. The van der Waals surface area contributed by atoms with E-state index in [1.807, 2.05) is 18.2 Å². The minimum absolute atomic E-state index is 0.0516. The molecule has 1 aromatic heterocycles. The molecular formula is C13H14N2O. The first-order valence-corrected chi connectivity index (χ1v) is 5.16. The maximum atomic E-state index is 12.1. The number of hydrogen-bond acceptors (Lipinski definition) is 3. The molecule has 0 bridgehead atoms. The normalized spacial score (nSPS) is 11.7. The Labute approximate surface area is 94.3 Å². The third-order valence-electron chi connectivity index (χ3n) is 2.51. The van der Waals surface area contributed by atoms with Crippen LogP contribution in [0.1, 0.15) is 24.2 Å². The number of hydrogen-bond donors (Lipinski definition) is 1. The van der Waals surface area contributed by atoms with Crippen molar-refractivity contribution in [1.29, 1.82) is 0 Å². The van der Waals surface area contributed by atoms with Crippen LogP contribution in [-0.4, -0.2) is 16.3 Å². The molecule has 0 spiro atoms. The Kier molecular flexibility index (Phi) is 2.48. The highest BCUT2D eigenvalue weighted by molar-refractivity contribution is 6.11. The largest absolute Gasteiger partial charge is 0.319 e. The van der Waals surface area contributed by atoms with E-state index in [4.69, 9.17) is 5.73 Å². The molecule has 0 fully saturated rings. The summed E-state index contributed by atoms with van der Waals surface area (Å²) in [5.41, 5.74) is 5.65. The lowest BCUT2D eigenvalue weighted by molar-refractivity contribution is 0.0915. The van der Waals surface area contributed by atoms with Crippen molar-refractivity contribution in [1.82, 2.24) is 4.98 Å². The quantitative estimate of drug-likeness (QED) is 0.779. The second kappa shape index (κ2) is 3.68. The number of carbonyl (C=O) groups is 1. The summed E-state index contributed by atoms with van der Waals surface area (Å²) in [6.07, 6.45) is 3.43. The molecular weight excluding hydrogens is 200 g/mol. The van der Waals surface area contributed by atoms with Gasteiger partial charge < -0.3 is 5.73 Å². The molecule has 0 atom stereocenters. The number of Topliss-reactive ketones (excluding diaryl/α,β-unsaturated/α-hetero) is 1. The van der Waals surface area contributed by atoms with E-state index in [-0.39, 0.29) is 5.78 Å². The Morgan fingerprint density at radius 3 is 2.75 bits per heavy atom. The molecule has 1 heterocycles. The molecule has 82 valence electrons. The second-order valence-electron chi connectivity index (χ2n) is 4.45. The topological polar surface area (TPSA) is 56.0 Å². The molecule has 2 N–H and O–H groups in total. The third-order valence-corrected chi connectivity index (χ3v) is 2.51. The Hall–Kier alpha value is -1.74. The summed E-state index contributed by atoms with van der Waals surface area (Å²) in [6.45, 7) is 3.44. The van der Waals surface area contributed by atoms with Gasteiger partial charge in [-0.15, -0.1) is 0 Å². The average Bonchev–Trinajstić information content (AvgIpc) is 2.26. The van der Waals surface area contributed by atoms with Crippen LogP contribution in [0.25, 0.3) is 10.8 Å². The minimum atomic E-state index is -0.850. The van der Waals surface area contributed by atoms with Gasteiger partial charge in [0.15, 0.2) is 5.78 Å². The summed E-state index contributed by atoms with van der Waals surface area (Å²) in [7, 11) is 0. The molecule has 2 rings (SSSR count). The van der Waals surface area contributed by atoms with Gasteiger partial charge in [-0.1, -0.05) is 18.2 Å². The van der Waals surface area contributed by atoms with Gasteiger partial charge in [0.05, 0.1) is 5.54 Å². The number of nitrogens with two attached hydrogens (primary N) is 1. The van der Waals surface area contributed by atoms with Crippen LogP contribution in [0.3, 0.4) is 0 Å². The van der Waals surface area contributed by atoms with Crippen LogP contribution in [0.15, 0.2) is 36.7 Å². The second-order valence-corrected chi connectivity index (χ2v) is 4.45. The van der Waals surface area contributed by atoms with Crippen LogP contribution in [0.4, 0.5) is 0 Å². The molecule has 0 aliphatic heterocycles. The van der Waals surface area contributed by atoms with E-state index in [0.717, 1.165) is 10.8 Å². The molecule has 2 aromatic rings. The summed E-state index contributed by atoms with van der Waals surface area (Å²) >= 11 is 0. The molecule has 16 heavy (non-hydrogen) atoms. The van der Waals surface area contributed by atoms with E-state index in [9.17, 15) is 4.79 Å². The molecule has 0 radical (unpaired) electrons. The van der Waals surface area contributed by atoms with Gasteiger partial charge in [0.1, 0.15) is 0 Å². The van der Waals surface area contributed by atoms with E-state index in [2.05, 4.69) is 4.98 Å². The monoisotopic (exact) mass is 214 g/mol. The van der Waals surface area contributed by atoms with E-state index in [0.29, 0.717) is 5.56 Å². The van der Waals surface area contributed by atoms with E-state index in [1.165, 1.54) is 0 Å². The van der Waals surface area contributed by atoms with Crippen molar-refractivity contribution in [2.24, 2.45) is 5.73 Å². The first kappa shape index (κ1) is 10.8. The van der Waals surface area contributed by atoms with Crippen molar-refractivity contribution in [3.8, 4) is 0 Å². The van der Waals surface area contributed by atoms with Gasteiger partial charge in [0.2, 0.25) is 0 Å². The lowest BCUT2D eigenvalue weighted by Gasteiger charge is -2.17. The zero-order valence-electron chi connectivity index (χ0n) is 9.40. The maximum Gasteiger partial charge on any atom is 0.182 e.